The van der Waals surface area contributed by atoms with Gasteiger partial charge in [0, 0.05) is 37.3 Å². The maximum atomic E-state index is 11.0. The molecule has 1 aromatic rings. The lowest BCUT2D eigenvalue weighted by molar-refractivity contribution is -0.385. The van der Waals surface area contributed by atoms with Crippen molar-refractivity contribution in [2.75, 3.05) is 27.2 Å². The second kappa shape index (κ2) is 6.30. The summed E-state index contributed by atoms with van der Waals surface area (Å²) in [7, 11) is 3.99. The Labute approximate surface area is 118 Å². The zero-order valence-electron chi connectivity index (χ0n) is 11.9. The molecule has 0 saturated carbocycles. The summed E-state index contributed by atoms with van der Waals surface area (Å²) in [6.07, 6.45) is 0.376. The Bertz CT molecular complexity index is 478. The summed E-state index contributed by atoms with van der Waals surface area (Å²) in [6.45, 7) is 1.93. The maximum absolute atomic E-state index is 11.0. The third kappa shape index (κ3) is 3.53. The number of hydrogen-bond acceptors (Lipinski definition) is 5. The monoisotopic (exact) mass is 279 g/mol. The van der Waals surface area contributed by atoms with Crippen LogP contribution in [-0.2, 0) is 6.54 Å². The summed E-state index contributed by atoms with van der Waals surface area (Å²) in [5.41, 5.74) is 0.854. The molecular weight excluding hydrogens is 258 g/mol. The fourth-order valence-electron chi connectivity index (χ4n) is 2.80. The lowest BCUT2D eigenvalue weighted by Gasteiger charge is -2.26. The minimum absolute atomic E-state index is 0.150. The van der Waals surface area contributed by atoms with Crippen LogP contribution in [0.25, 0.3) is 0 Å². The van der Waals surface area contributed by atoms with Gasteiger partial charge in [-0.3, -0.25) is 15.0 Å². The molecule has 0 aromatic heterocycles. The van der Waals surface area contributed by atoms with E-state index in [-0.39, 0.29) is 22.8 Å². The molecule has 2 atom stereocenters. The van der Waals surface area contributed by atoms with Gasteiger partial charge in [0.15, 0.2) is 0 Å². The fourth-order valence-corrected chi connectivity index (χ4v) is 2.80. The number of aliphatic hydroxyl groups is 1. The molecule has 6 heteroatoms. The van der Waals surface area contributed by atoms with Crippen LogP contribution in [-0.4, -0.2) is 59.2 Å². The average Bonchev–Trinajstić information content (AvgIpc) is 2.69. The number of likely N-dealkylation sites (tertiary alicyclic amines) is 1. The van der Waals surface area contributed by atoms with Crippen LogP contribution < -0.4 is 0 Å². The molecule has 0 aliphatic carbocycles. The summed E-state index contributed by atoms with van der Waals surface area (Å²) < 4.78 is 0. The third-order valence-corrected chi connectivity index (χ3v) is 3.64. The lowest BCUT2D eigenvalue weighted by atomic mass is 10.1. The zero-order valence-corrected chi connectivity index (χ0v) is 11.9. The van der Waals surface area contributed by atoms with Gasteiger partial charge in [-0.05, 0) is 20.5 Å². The third-order valence-electron chi connectivity index (χ3n) is 3.64. The minimum atomic E-state index is -0.345. The van der Waals surface area contributed by atoms with Gasteiger partial charge in [-0.15, -0.1) is 0 Å². The number of rotatable bonds is 5. The summed E-state index contributed by atoms with van der Waals surface area (Å²) >= 11 is 0. The van der Waals surface area contributed by atoms with Gasteiger partial charge >= 0.3 is 0 Å². The predicted molar refractivity (Wildman–Crippen MR) is 76.5 cm³/mol. The molecule has 6 nitrogen and oxygen atoms in total. The second-order valence-electron chi connectivity index (χ2n) is 5.62. The number of para-hydroxylation sites is 1. The van der Waals surface area contributed by atoms with Crippen molar-refractivity contribution in [3.63, 3.8) is 0 Å². The number of β-amino-alcohol motifs (C(OH)–C–C–N with tert-alkyl or cyclic N) is 1. The number of nitro benzene ring substituents is 1. The molecule has 110 valence electrons. The van der Waals surface area contributed by atoms with E-state index in [9.17, 15) is 15.2 Å². The SMILES string of the molecule is CN(C)CC1CC(O)CN1Cc1ccccc1[N+](=O)[O-]. The minimum Gasteiger partial charge on any atom is -0.392 e. The van der Waals surface area contributed by atoms with Crippen LogP contribution in [0.3, 0.4) is 0 Å². The molecule has 1 aliphatic heterocycles. The lowest BCUT2D eigenvalue weighted by Crippen LogP contribution is -2.37. The molecule has 1 fully saturated rings. The quantitative estimate of drug-likeness (QED) is 0.645. The first-order valence-corrected chi connectivity index (χ1v) is 6.76. The molecule has 2 unspecified atom stereocenters. The Morgan fingerprint density at radius 2 is 2.15 bits per heavy atom. The number of nitro groups is 1. The van der Waals surface area contributed by atoms with Gasteiger partial charge in [0.2, 0.25) is 0 Å². The van der Waals surface area contributed by atoms with E-state index in [2.05, 4.69) is 9.80 Å². The Hall–Kier alpha value is -1.50. The highest BCUT2D eigenvalue weighted by Crippen LogP contribution is 2.25. The molecule has 1 aromatic carbocycles. The highest BCUT2D eigenvalue weighted by Gasteiger charge is 2.32. The summed E-state index contributed by atoms with van der Waals surface area (Å²) in [5.74, 6) is 0. The molecule has 0 spiro atoms. The van der Waals surface area contributed by atoms with Crippen molar-refractivity contribution in [3.8, 4) is 0 Å². The van der Waals surface area contributed by atoms with E-state index in [1.807, 2.05) is 20.2 Å². The van der Waals surface area contributed by atoms with Crippen LogP contribution in [0.2, 0.25) is 0 Å². The Balaban J connectivity index is 2.14. The Morgan fingerprint density at radius 3 is 2.80 bits per heavy atom. The standard InChI is InChI=1S/C14H21N3O3/c1-15(2)9-12-7-13(18)10-16(12)8-11-5-3-4-6-14(11)17(19)20/h3-6,12-13,18H,7-10H2,1-2H3. The van der Waals surface area contributed by atoms with Gasteiger partial charge in [0.1, 0.15) is 0 Å². The molecule has 1 N–H and O–H groups in total. The van der Waals surface area contributed by atoms with Crippen molar-refractivity contribution in [2.45, 2.75) is 25.1 Å². The van der Waals surface area contributed by atoms with E-state index in [0.29, 0.717) is 18.7 Å². The molecule has 1 saturated heterocycles. The second-order valence-corrected chi connectivity index (χ2v) is 5.62. The molecule has 2 rings (SSSR count). The van der Waals surface area contributed by atoms with Gasteiger partial charge < -0.3 is 10.0 Å². The van der Waals surface area contributed by atoms with Gasteiger partial charge in [-0.1, -0.05) is 18.2 Å². The van der Waals surface area contributed by atoms with Gasteiger partial charge in [-0.25, -0.2) is 0 Å². The number of hydrogen-bond donors (Lipinski definition) is 1. The maximum Gasteiger partial charge on any atom is 0.273 e. The molecular formula is C14H21N3O3. The Kier molecular flexibility index (Phi) is 4.69. The van der Waals surface area contributed by atoms with Crippen molar-refractivity contribution in [1.82, 2.24) is 9.80 Å². The van der Waals surface area contributed by atoms with Gasteiger partial charge in [0.25, 0.3) is 5.69 Å². The smallest absolute Gasteiger partial charge is 0.273 e. The van der Waals surface area contributed by atoms with Crippen molar-refractivity contribution in [3.05, 3.63) is 39.9 Å². The van der Waals surface area contributed by atoms with Crippen molar-refractivity contribution in [1.29, 1.82) is 0 Å². The first-order valence-electron chi connectivity index (χ1n) is 6.76. The van der Waals surface area contributed by atoms with Crippen molar-refractivity contribution >= 4 is 5.69 Å². The molecule has 1 heterocycles. The topological polar surface area (TPSA) is 69.8 Å². The Morgan fingerprint density at radius 1 is 1.45 bits per heavy atom. The largest absolute Gasteiger partial charge is 0.392 e. The fraction of sp³-hybridized carbons (Fsp3) is 0.571. The van der Waals surface area contributed by atoms with Crippen LogP contribution in [0.1, 0.15) is 12.0 Å². The van der Waals surface area contributed by atoms with Crippen LogP contribution in [0.5, 0.6) is 0 Å². The molecule has 0 radical (unpaired) electrons. The van der Waals surface area contributed by atoms with Crippen LogP contribution in [0, 0.1) is 10.1 Å². The molecule has 1 aliphatic rings. The zero-order chi connectivity index (χ0) is 14.7. The van der Waals surface area contributed by atoms with Crippen LogP contribution in [0.4, 0.5) is 5.69 Å². The first kappa shape index (κ1) is 14.9. The van der Waals surface area contributed by atoms with Crippen LogP contribution >= 0.6 is 0 Å². The van der Waals surface area contributed by atoms with E-state index in [1.165, 1.54) is 6.07 Å². The number of benzene rings is 1. The van der Waals surface area contributed by atoms with Crippen molar-refractivity contribution < 1.29 is 10.0 Å². The van der Waals surface area contributed by atoms with E-state index >= 15 is 0 Å². The van der Waals surface area contributed by atoms with Crippen molar-refractivity contribution in [2.24, 2.45) is 0 Å². The number of likely N-dealkylation sites (N-methyl/N-ethyl adjacent to an activating group) is 1. The van der Waals surface area contributed by atoms with E-state index in [1.54, 1.807) is 12.1 Å². The first-order chi connectivity index (χ1) is 9.47. The molecule has 0 bridgehead atoms. The highest BCUT2D eigenvalue weighted by molar-refractivity contribution is 5.39. The number of aliphatic hydroxyl groups excluding tert-OH is 1. The van der Waals surface area contributed by atoms with Gasteiger partial charge in [0.05, 0.1) is 11.0 Å². The average molecular weight is 279 g/mol. The van der Waals surface area contributed by atoms with E-state index < -0.39 is 0 Å². The normalized spacial score (nSPS) is 23.4. The van der Waals surface area contributed by atoms with Gasteiger partial charge in [-0.2, -0.15) is 0 Å². The van der Waals surface area contributed by atoms with E-state index in [0.717, 1.165) is 13.0 Å². The highest BCUT2D eigenvalue weighted by atomic mass is 16.6. The summed E-state index contributed by atoms with van der Waals surface area (Å²) in [5, 5.41) is 20.9. The van der Waals surface area contributed by atoms with E-state index in [4.69, 9.17) is 0 Å². The predicted octanol–water partition coefficient (Wildman–Crippen LogP) is 1.09. The number of nitrogens with zero attached hydrogens (tertiary/aromatic N) is 3. The molecule has 20 heavy (non-hydrogen) atoms. The summed E-state index contributed by atoms with van der Waals surface area (Å²) in [4.78, 5) is 14.9. The molecule has 0 amide bonds. The summed E-state index contributed by atoms with van der Waals surface area (Å²) in [6, 6.07) is 7.05. The van der Waals surface area contributed by atoms with Crippen LogP contribution in [0.15, 0.2) is 24.3 Å².